The summed E-state index contributed by atoms with van der Waals surface area (Å²) in [5.41, 5.74) is 0. The molecule has 2 aliphatic heterocycles. The summed E-state index contributed by atoms with van der Waals surface area (Å²) < 4.78 is 11.1. The van der Waals surface area contributed by atoms with Crippen molar-refractivity contribution in [2.75, 3.05) is 13.2 Å². The number of aliphatic hydroxyl groups excluding tert-OH is 1. The molecule has 5 atom stereocenters. The molecule has 2 heterocycles. The fourth-order valence-electron chi connectivity index (χ4n) is 2.93. The monoisotopic (exact) mass is 170 g/mol. The minimum Gasteiger partial charge on any atom is -0.393 e. The van der Waals surface area contributed by atoms with E-state index in [2.05, 4.69) is 0 Å². The zero-order valence-electron chi connectivity index (χ0n) is 6.98. The Bertz CT molecular complexity index is 194. The largest absolute Gasteiger partial charge is 0.393 e. The SMILES string of the molecule is O[C@@H]1C[C@@H]2[C@H]3COC[C@H]3O[C@@H]2C1. The molecule has 3 aliphatic rings. The molecule has 68 valence electrons. The van der Waals surface area contributed by atoms with Crippen molar-refractivity contribution in [2.24, 2.45) is 11.8 Å². The number of rotatable bonds is 0. The molecule has 0 radical (unpaired) electrons. The van der Waals surface area contributed by atoms with E-state index >= 15 is 0 Å². The van der Waals surface area contributed by atoms with Crippen LogP contribution in [0.3, 0.4) is 0 Å². The Hall–Kier alpha value is -0.120. The first-order valence-electron chi connectivity index (χ1n) is 4.76. The number of ether oxygens (including phenoxy) is 2. The van der Waals surface area contributed by atoms with Gasteiger partial charge in [-0.1, -0.05) is 0 Å². The van der Waals surface area contributed by atoms with Crippen LogP contribution in [0, 0.1) is 11.8 Å². The minimum atomic E-state index is -0.124. The molecular formula is C9H14O3. The van der Waals surface area contributed by atoms with Crippen molar-refractivity contribution in [2.45, 2.75) is 31.2 Å². The molecular weight excluding hydrogens is 156 g/mol. The fourth-order valence-corrected chi connectivity index (χ4v) is 2.93. The Morgan fingerprint density at radius 3 is 2.83 bits per heavy atom. The number of hydrogen-bond acceptors (Lipinski definition) is 3. The Labute approximate surface area is 71.7 Å². The summed E-state index contributed by atoms with van der Waals surface area (Å²) in [7, 11) is 0. The van der Waals surface area contributed by atoms with Crippen LogP contribution in [0.25, 0.3) is 0 Å². The molecule has 0 aromatic carbocycles. The van der Waals surface area contributed by atoms with Crippen LogP contribution in [0.1, 0.15) is 12.8 Å². The lowest BCUT2D eigenvalue weighted by Gasteiger charge is -2.11. The first kappa shape index (κ1) is 7.30. The van der Waals surface area contributed by atoms with Crippen molar-refractivity contribution >= 4 is 0 Å². The second kappa shape index (κ2) is 2.44. The second-order valence-electron chi connectivity index (χ2n) is 4.20. The molecule has 0 aromatic heterocycles. The van der Waals surface area contributed by atoms with E-state index in [4.69, 9.17) is 9.47 Å². The molecule has 0 amide bonds. The first-order valence-corrected chi connectivity index (χ1v) is 4.76. The average Bonchev–Trinajstić information content (AvgIpc) is 2.59. The van der Waals surface area contributed by atoms with E-state index in [-0.39, 0.29) is 6.10 Å². The van der Waals surface area contributed by atoms with Crippen molar-refractivity contribution in [3.63, 3.8) is 0 Å². The van der Waals surface area contributed by atoms with Crippen LogP contribution in [0.5, 0.6) is 0 Å². The first-order chi connectivity index (χ1) is 5.84. The van der Waals surface area contributed by atoms with Crippen LogP contribution in [-0.4, -0.2) is 36.6 Å². The predicted molar refractivity (Wildman–Crippen MR) is 41.7 cm³/mol. The molecule has 3 nitrogen and oxygen atoms in total. The Kier molecular flexibility index (Phi) is 1.48. The third-order valence-corrected chi connectivity index (χ3v) is 3.50. The summed E-state index contributed by atoms with van der Waals surface area (Å²) in [5.74, 6) is 1.15. The van der Waals surface area contributed by atoms with Gasteiger partial charge in [-0.25, -0.2) is 0 Å². The highest BCUT2D eigenvalue weighted by Gasteiger charge is 2.51. The van der Waals surface area contributed by atoms with Crippen LogP contribution in [0.2, 0.25) is 0 Å². The van der Waals surface area contributed by atoms with E-state index in [1.807, 2.05) is 0 Å². The van der Waals surface area contributed by atoms with Gasteiger partial charge in [0.25, 0.3) is 0 Å². The minimum absolute atomic E-state index is 0.124. The van der Waals surface area contributed by atoms with Crippen LogP contribution in [0.15, 0.2) is 0 Å². The van der Waals surface area contributed by atoms with Gasteiger partial charge in [-0.05, 0) is 18.8 Å². The molecule has 0 bridgehead atoms. The van der Waals surface area contributed by atoms with Crippen LogP contribution in [-0.2, 0) is 9.47 Å². The molecule has 1 aliphatic carbocycles. The second-order valence-corrected chi connectivity index (χ2v) is 4.20. The number of fused-ring (bicyclic) bond motifs is 3. The third kappa shape index (κ3) is 0.873. The smallest absolute Gasteiger partial charge is 0.0866 e. The average molecular weight is 170 g/mol. The van der Waals surface area contributed by atoms with Crippen LogP contribution in [0.4, 0.5) is 0 Å². The summed E-state index contributed by atoms with van der Waals surface area (Å²) in [6.07, 6.45) is 2.32. The van der Waals surface area contributed by atoms with Gasteiger partial charge in [0.2, 0.25) is 0 Å². The quantitative estimate of drug-likeness (QED) is 0.563. The Morgan fingerprint density at radius 2 is 1.92 bits per heavy atom. The lowest BCUT2D eigenvalue weighted by molar-refractivity contribution is 0.00789. The van der Waals surface area contributed by atoms with E-state index in [1.54, 1.807) is 0 Å². The van der Waals surface area contributed by atoms with Gasteiger partial charge in [-0.2, -0.15) is 0 Å². The lowest BCUT2D eigenvalue weighted by Crippen LogP contribution is -2.19. The van der Waals surface area contributed by atoms with Crippen molar-refractivity contribution < 1.29 is 14.6 Å². The summed E-state index contributed by atoms with van der Waals surface area (Å²) in [4.78, 5) is 0. The highest BCUT2D eigenvalue weighted by molar-refractivity contribution is 4.98. The summed E-state index contributed by atoms with van der Waals surface area (Å²) >= 11 is 0. The van der Waals surface area contributed by atoms with Gasteiger partial charge in [0, 0.05) is 5.92 Å². The van der Waals surface area contributed by atoms with Gasteiger partial charge >= 0.3 is 0 Å². The normalized spacial score (nSPS) is 57.2. The Balaban J connectivity index is 1.80. The van der Waals surface area contributed by atoms with Crippen molar-refractivity contribution in [3.8, 4) is 0 Å². The van der Waals surface area contributed by atoms with E-state index < -0.39 is 0 Å². The predicted octanol–water partition coefficient (Wildman–Crippen LogP) is 0.171. The zero-order chi connectivity index (χ0) is 8.13. The van der Waals surface area contributed by atoms with E-state index in [1.165, 1.54) is 0 Å². The van der Waals surface area contributed by atoms with Gasteiger partial charge in [0.1, 0.15) is 0 Å². The van der Waals surface area contributed by atoms with Crippen molar-refractivity contribution in [3.05, 3.63) is 0 Å². The molecule has 0 unspecified atom stereocenters. The molecule has 3 heteroatoms. The molecule has 3 fully saturated rings. The van der Waals surface area contributed by atoms with E-state index in [9.17, 15) is 5.11 Å². The summed E-state index contributed by atoms with van der Waals surface area (Å²) in [5, 5.41) is 9.43. The lowest BCUT2D eigenvalue weighted by atomic mass is 9.90. The van der Waals surface area contributed by atoms with Gasteiger partial charge in [-0.3, -0.25) is 0 Å². The third-order valence-electron chi connectivity index (χ3n) is 3.50. The maximum absolute atomic E-state index is 9.43. The number of hydrogen-bond donors (Lipinski definition) is 1. The summed E-state index contributed by atoms with van der Waals surface area (Å²) in [6, 6.07) is 0. The molecule has 12 heavy (non-hydrogen) atoms. The van der Waals surface area contributed by atoms with Crippen molar-refractivity contribution in [1.29, 1.82) is 0 Å². The molecule has 1 saturated carbocycles. The van der Waals surface area contributed by atoms with E-state index in [0.29, 0.717) is 24.0 Å². The molecule has 3 rings (SSSR count). The summed E-state index contributed by atoms with van der Waals surface area (Å²) in [6.45, 7) is 1.62. The van der Waals surface area contributed by atoms with Crippen LogP contribution < -0.4 is 0 Å². The fraction of sp³-hybridized carbons (Fsp3) is 1.00. The highest BCUT2D eigenvalue weighted by Crippen LogP contribution is 2.45. The molecule has 2 saturated heterocycles. The maximum Gasteiger partial charge on any atom is 0.0866 e. The van der Waals surface area contributed by atoms with Crippen LogP contribution >= 0.6 is 0 Å². The topological polar surface area (TPSA) is 38.7 Å². The van der Waals surface area contributed by atoms with Gasteiger partial charge < -0.3 is 14.6 Å². The van der Waals surface area contributed by atoms with E-state index in [0.717, 1.165) is 26.1 Å². The van der Waals surface area contributed by atoms with Gasteiger partial charge in [-0.15, -0.1) is 0 Å². The molecule has 1 N–H and O–H groups in total. The molecule has 0 aromatic rings. The van der Waals surface area contributed by atoms with Gasteiger partial charge in [0.15, 0.2) is 0 Å². The number of aliphatic hydroxyl groups is 1. The molecule has 0 spiro atoms. The highest BCUT2D eigenvalue weighted by atomic mass is 16.6. The standard InChI is InChI=1S/C9H14O3/c10-5-1-6-7-3-11-4-9(7)12-8(6)2-5/h5-10H,1-4H2/t5-,6-,7-,8-,9-/m1/s1. The van der Waals surface area contributed by atoms with Gasteiger partial charge in [0.05, 0.1) is 31.5 Å². The Morgan fingerprint density at radius 1 is 1.00 bits per heavy atom. The zero-order valence-corrected chi connectivity index (χ0v) is 6.98. The maximum atomic E-state index is 9.43. The van der Waals surface area contributed by atoms with Crippen molar-refractivity contribution in [1.82, 2.24) is 0 Å².